The first kappa shape index (κ1) is 16.7. The number of H-pyrrole nitrogens is 1. The second kappa shape index (κ2) is 6.73. The lowest BCUT2D eigenvalue weighted by Crippen LogP contribution is -2.19. The van der Waals surface area contributed by atoms with Crippen molar-refractivity contribution in [3.63, 3.8) is 0 Å². The van der Waals surface area contributed by atoms with Crippen LogP contribution in [0.2, 0.25) is 0 Å². The monoisotopic (exact) mass is 345 g/mol. The number of pyridine rings is 1. The lowest BCUT2D eigenvalue weighted by Gasteiger charge is -2.09. The summed E-state index contributed by atoms with van der Waals surface area (Å²) in [5, 5.41) is 9.58. The van der Waals surface area contributed by atoms with Crippen molar-refractivity contribution in [2.45, 2.75) is 0 Å². The summed E-state index contributed by atoms with van der Waals surface area (Å²) in [4.78, 5) is 34.8. The van der Waals surface area contributed by atoms with Gasteiger partial charge in [-0.2, -0.15) is 0 Å². The molecule has 1 aromatic carbocycles. The fourth-order valence-corrected chi connectivity index (χ4v) is 2.36. The molecular weight excluding hydrogens is 330 g/mol. The Hall–Kier alpha value is -3.20. The number of nitrogens with zero attached hydrogens (tertiary/aromatic N) is 2. The zero-order chi connectivity index (χ0) is 18.0. The summed E-state index contributed by atoms with van der Waals surface area (Å²) in [6.45, 7) is -0.517. The highest BCUT2D eigenvalue weighted by atomic mass is 16.5. The molecule has 0 saturated carbocycles. The number of hydrogen-bond acceptors (Lipinski definition) is 8. The molecule has 0 spiro atoms. The van der Waals surface area contributed by atoms with Gasteiger partial charge in [0.25, 0.3) is 5.56 Å². The van der Waals surface area contributed by atoms with Gasteiger partial charge >= 0.3 is 5.97 Å². The van der Waals surface area contributed by atoms with E-state index in [1.807, 2.05) is 0 Å². The van der Waals surface area contributed by atoms with Gasteiger partial charge in [-0.25, -0.2) is 14.8 Å². The summed E-state index contributed by atoms with van der Waals surface area (Å²) in [6.07, 6.45) is 0. The van der Waals surface area contributed by atoms with Crippen LogP contribution in [0.15, 0.2) is 23.0 Å². The topological polar surface area (TPSA) is 124 Å². The minimum atomic E-state index is -0.845. The van der Waals surface area contributed by atoms with E-state index in [1.165, 1.54) is 14.2 Å². The Kier molecular flexibility index (Phi) is 4.48. The predicted octanol–water partition coefficient (Wildman–Crippen LogP) is 0.638. The van der Waals surface area contributed by atoms with Crippen LogP contribution in [0.3, 0.4) is 0 Å². The van der Waals surface area contributed by atoms with Crippen LogP contribution >= 0.6 is 0 Å². The van der Waals surface area contributed by atoms with Gasteiger partial charge in [0, 0.05) is 11.5 Å². The van der Waals surface area contributed by atoms with Crippen molar-refractivity contribution in [1.29, 1.82) is 0 Å². The second-order valence-electron chi connectivity index (χ2n) is 5.03. The third-order valence-electron chi connectivity index (χ3n) is 3.51. The molecule has 25 heavy (non-hydrogen) atoms. The fourth-order valence-electron chi connectivity index (χ4n) is 2.36. The first-order chi connectivity index (χ1) is 12.1. The lowest BCUT2D eigenvalue weighted by molar-refractivity contribution is 0.0420. The van der Waals surface area contributed by atoms with Crippen molar-refractivity contribution < 1.29 is 24.1 Å². The highest BCUT2D eigenvalue weighted by Crippen LogP contribution is 2.32. The number of nitrogens with one attached hydrogen (secondary N) is 1. The smallest absolute Gasteiger partial charge is 0.374 e. The van der Waals surface area contributed by atoms with Crippen LogP contribution in [-0.2, 0) is 4.74 Å². The van der Waals surface area contributed by atoms with Gasteiger partial charge in [-0.3, -0.25) is 4.79 Å². The quantitative estimate of drug-likeness (QED) is 0.510. The molecule has 0 fully saturated rings. The molecule has 9 nitrogen and oxygen atoms in total. The van der Waals surface area contributed by atoms with E-state index in [9.17, 15) is 9.59 Å². The normalized spacial score (nSPS) is 10.8. The third kappa shape index (κ3) is 3.09. The number of methoxy groups -OCH3 is 2. The maximum Gasteiger partial charge on any atom is 0.374 e. The van der Waals surface area contributed by atoms with Gasteiger partial charge in [0.1, 0.15) is 6.61 Å². The Morgan fingerprint density at radius 1 is 1.16 bits per heavy atom. The lowest BCUT2D eigenvalue weighted by atomic mass is 10.1. The van der Waals surface area contributed by atoms with Gasteiger partial charge in [0.2, 0.25) is 5.82 Å². The van der Waals surface area contributed by atoms with Gasteiger partial charge in [-0.05, 0) is 12.1 Å². The Morgan fingerprint density at radius 3 is 2.56 bits per heavy atom. The van der Waals surface area contributed by atoms with Crippen molar-refractivity contribution in [1.82, 2.24) is 15.0 Å². The Morgan fingerprint density at radius 2 is 1.88 bits per heavy atom. The summed E-state index contributed by atoms with van der Waals surface area (Å²) in [5.41, 5.74) is 0.0995. The number of aromatic amines is 1. The van der Waals surface area contributed by atoms with Crippen LogP contribution in [-0.4, -0.2) is 53.5 Å². The van der Waals surface area contributed by atoms with Gasteiger partial charge in [0.05, 0.1) is 31.7 Å². The van der Waals surface area contributed by atoms with E-state index in [1.54, 1.807) is 18.2 Å². The molecule has 0 amide bonds. The Balaban J connectivity index is 2.18. The molecule has 0 saturated heterocycles. The zero-order valence-electron chi connectivity index (χ0n) is 13.5. The Labute approximate surface area is 141 Å². The van der Waals surface area contributed by atoms with Crippen molar-refractivity contribution in [3.05, 3.63) is 34.4 Å². The zero-order valence-corrected chi connectivity index (χ0v) is 13.5. The molecule has 2 aromatic heterocycles. The average Bonchev–Trinajstić information content (AvgIpc) is 2.63. The number of carbonyl (C=O) groups excluding carboxylic acids is 1. The predicted molar refractivity (Wildman–Crippen MR) is 88.1 cm³/mol. The molecule has 0 aliphatic rings. The molecule has 130 valence electrons. The van der Waals surface area contributed by atoms with E-state index in [0.29, 0.717) is 22.4 Å². The third-order valence-corrected chi connectivity index (χ3v) is 3.51. The molecule has 0 atom stereocenters. The van der Waals surface area contributed by atoms with Gasteiger partial charge in [-0.1, -0.05) is 0 Å². The number of esters is 1. The van der Waals surface area contributed by atoms with Crippen LogP contribution in [0, 0.1) is 0 Å². The maximum atomic E-state index is 12.3. The number of ether oxygens (including phenoxy) is 3. The number of aliphatic hydroxyl groups is 1. The van der Waals surface area contributed by atoms with Crippen molar-refractivity contribution in [2.75, 3.05) is 27.4 Å². The highest BCUT2D eigenvalue weighted by molar-refractivity contribution is 5.94. The number of benzene rings is 1. The Bertz CT molecular complexity index is 1010. The SMILES string of the molecule is COc1cc2cc3c(=O)[nH]c(C(=O)OCCO)nc3nc2cc1OC. The van der Waals surface area contributed by atoms with Gasteiger partial charge in [-0.15, -0.1) is 0 Å². The molecule has 3 aromatic rings. The minimum absolute atomic E-state index is 0.0967. The first-order valence-corrected chi connectivity index (χ1v) is 7.32. The largest absolute Gasteiger partial charge is 0.493 e. The standard InChI is InChI=1S/C16H15N3O6/c1-23-11-6-8-5-9-13(17-10(8)7-12(11)24-2)18-14(19-15(9)21)16(22)25-4-3-20/h5-7,20H,3-4H2,1-2H3,(H,17,18,19,21). The number of aromatic nitrogens is 3. The molecule has 0 aliphatic carbocycles. The summed E-state index contributed by atoms with van der Waals surface area (Å²) >= 11 is 0. The van der Waals surface area contributed by atoms with E-state index in [2.05, 4.69) is 15.0 Å². The molecule has 9 heteroatoms. The van der Waals surface area contributed by atoms with E-state index >= 15 is 0 Å². The number of fused-ring (bicyclic) bond motifs is 2. The molecule has 0 bridgehead atoms. The number of carbonyl (C=O) groups is 1. The van der Waals surface area contributed by atoms with Crippen LogP contribution in [0.1, 0.15) is 10.6 Å². The van der Waals surface area contributed by atoms with E-state index in [-0.39, 0.29) is 30.1 Å². The molecule has 2 N–H and O–H groups in total. The van der Waals surface area contributed by atoms with Crippen molar-refractivity contribution in [2.24, 2.45) is 0 Å². The summed E-state index contributed by atoms with van der Waals surface area (Å²) in [5.74, 6) is -0.139. The van der Waals surface area contributed by atoms with E-state index in [4.69, 9.17) is 19.3 Å². The van der Waals surface area contributed by atoms with Crippen LogP contribution in [0.5, 0.6) is 11.5 Å². The molecule has 0 aliphatic heterocycles. The first-order valence-electron chi connectivity index (χ1n) is 7.32. The molecule has 0 unspecified atom stereocenters. The summed E-state index contributed by atoms with van der Waals surface area (Å²) in [7, 11) is 3.01. The fraction of sp³-hybridized carbons (Fsp3) is 0.250. The van der Waals surface area contributed by atoms with Crippen LogP contribution in [0.4, 0.5) is 0 Å². The van der Waals surface area contributed by atoms with Gasteiger partial charge < -0.3 is 24.3 Å². The van der Waals surface area contributed by atoms with Crippen molar-refractivity contribution >= 4 is 27.9 Å². The highest BCUT2D eigenvalue weighted by Gasteiger charge is 2.15. The van der Waals surface area contributed by atoms with Crippen molar-refractivity contribution in [3.8, 4) is 11.5 Å². The van der Waals surface area contributed by atoms with Crippen LogP contribution < -0.4 is 15.0 Å². The molecule has 3 rings (SSSR count). The molecule has 2 heterocycles. The van der Waals surface area contributed by atoms with E-state index < -0.39 is 11.5 Å². The number of hydrogen-bond donors (Lipinski definition) is 2. The molecular formula is C16H15N3O6. The number of aliphatic hydroxyl groups excluding tert-OH is 1. The summed E-state index contributed by atoms with van der Waals surface area (Å²) in [6, 6.07) is 4.96. The summed E-state index contributed by atoms with van der Waals surface area (Å²) < 4.78 is 15.2. The van der Waals surface area contributed by atoms with Crippen LogP contribution in [0.25, 0.3) is 21.9 Å². The van der Waals surface area contributed by atoms with E-state index in [0.717, 1.165) is 0 Å². The number of rotatable bonds is 5. The second-order valence-corrected chi connectivity index (χ2v) is 5.03. The minimum Gasteiger partial charge on any atom is -0.493 e. The van der Waals surface area contributed by atoms with Gasteiger partial charge in [0.15, 0.2) is 17.1 Å². The molecule has 0 radical (unpaired) electrons. The maximum absolute atomic E-state index is 12.3. The average molecular weight is 345 g/mol.